The summed E-state index contributed by atoms with van der Waals surface area (Å²) in [6, 6.07) is 9.66. The summed E-state index contributed by atoms with van der Waals surface area (Å²) in [5.74, 6) is 0.777. The van der Waals surface area contributed by atoms with Gasteiger partial charge in [0.25, 0.3) is 0 Å². The molecule has 0 spiro atoms. The smallest absolute Gasteiger partial charge is 0.135 e. The number of anilines is 3. The van der Waals surface area contributed by atoms with Crippen LogP contribution in [-0.4, -0.2) is 7.11 Å². The lowest BCUT2D eigenvalue weighted by Gasteiger charge is -2.14. The molecule has 2 rings (SSSR count). The van der Waals surface area contributed by atoms with Crippen LogP contribution in [0.25, 0.3) is 0 Å². The maximum atomic E-state index is 5.75. The van der Waals surface area contributed by atoms with E-state index < -0.39 is 0 Å². The van der Waals surface area contributed by atoms with Crippen LogP contribution in [0.3, 0.4) is 0 Å². The molecule has 0 radical (unpaired) electrons. The zero-order valence-corrected chi connectivity index (χ0v) is 13.8. The molecule has 5 heteroatoms. The third kappa shape index (κ3) is 3.22. The van der Waals surface area contributed by atoms with Gasteiger partial charge in [0.05, 0.1) is 17.3 Å². The summed E-state index contributed by atoms with van der Waals surface area (Å²) in [7, 11) is 1.65. The molecule has 0 amide bonds. The van der Waals surface area contributed by atoms with Crippen molar-refractivity contribution in [3.05, 3.63) is 44.8 Å². The number of aryl methyl sites for hydroxylation is 1. The molecule has 3 nitrogen and oxygen atoms in total. The van der Waals surface area contributed by atoms with Crippen LogP contribution in [0.4, 0.5) is 17.1 Å². The van der Waals surface area contributed by atoms with Crippen molar-refractivity contribution in [2.75, 3.05) is 18.2 Å². The van der Waals surface area contributed by atoms with E-state index in [1.165, 1.54) is 0 Å². The van der Waals surface area contributed by atoms with Crippen LogP contribution in [0.5, 0.6) is 5.75 Å². The van der Waals surface area contributed by atoms with Crippen molar-refractivity contribution in [3.63, 3.8) is 0 Å². The van der Waals surface area contributed by atoms with E-state index in [1.807, 2.05) is 37.3 Å². The quantitative estimate of drug-likeness (QED) is 0.742. The van der Waals surface area contributed by atoms with E-state index in [0.717, 1.165) is 37.3 Å². The van der Waals surface area contributed by atoms with Gasteiger partial charge in [-0.1, -0.05) is 0 Å². The molecular weight excluding hydrogens is 372 g/mol. The first-order valence-corrected chi connectivity index (χ1v) is 7.26. The Morgan fingerprint density at radius 3 is 2.42 bits per heavy atom. The fourth-order valence-corrected chi connectivity index (χ4v) is 3.01. The average Bonchev–Trinajstić information content (AvgIpc) is 2.35. The number of methoxy groups -OCH3 is 1. The highest BCUT2D eigenvalue weighted by molar-refractivity contribution is 9.11. The number of nitrogens with two attached hydrogens (primary N) is 1. The van der Waals surface area contributed by atoms with Gasteiger partial charge in [-0.3, -0.25) is 0 Å². The number of hydrogen-bond acceptors (Lipinski definition) is 3. The lowest BCUT2D eigenvalue weighted by molar-refractivity contribution is 0.412. The molecule has 19 heavy (non-hydrogen) atoms. The Hall–Kier alpha value is -1.20. The highest BCUT2D eigenvalue weighted by Crippen LogP contribution is 2.36. The van der Waals surface area contributed by atoms with Crippen molar-refractivity contribution in [2.45, 2.75) is 6.92 Å². The Labute approximate surface area is 129 Å². The van der Waals surface area contributed by atoms with Crippen molar-refractivity contribution >= 4 is 48.9 Å². The van der Waals surface area contributed by atoms with Crippen molar-refractivity contribution in [3.8, 4) is 5.75 Å². The van der Waals surface area contributed by atoms with Crippen LogP contribution >= 0.6 is 31.9 Å². The third-order valence-corrected chi connectivity index (χ3v) is 4.04. The standard InChI is InChI=1S/C14H14Br2N2O/c1-8-5-9(17)3-4-12(8)18-13-7-14(19-2)11(16)6-10(13)15/h3-7,18H,17H2,1-2H3. The maximum absolute atomic E-state index is 5.75. The summed E-state index contributed by atoms with van der Waals surface area (Å²) in [4.78, 5) is 0. The Morgan fingerprint density at radius 2 is 1.79 bits per heavy atom. The molecule has 0 aliphatic rings. The topological polar surface area (TPSA) is 47.3 Å². The van der Waals surface area contributed by atoms with Crippen LogP contribution in [0.15, 0.2) is 39.3 Å². The van der Waals surface area contributed by atoms with Crippen molar-refractivity contribution in [1.82, 2.24) is 0 Å². The Morgan fingerprint density at radius 1 is 1.05 bits per heavy atom. The van der Waals surface area contributed by atoms with Gasteiger partial charge in [-0.15, -0.1) is 0 Å². The molecule has 0 saturated heterocycles. The fraction of sp³-hybridized carbons (Fsp3) is 0.143. The van der Waals surface area contributed by atoms with Crippen molar-refractivity contribution in [2.24, 2.45) is 0 Å². The number of nitrogens with one attached hydrogen (secondary N) is 1. The number of nitrogen functional groups attached to an aromatic ring is 1. The van der Waals surface area contributed by atoms with Gasteiger partial charge in [-0.05, 0) is 68.6 Å². The van der Waals surface area contributed by atoms with Gasteiger partial charge in [-0.25, -0.2) is 0 Å². The molecule has 3 N–H and O–H groups in total. The molecule has 0 aliphatic carbocycles. The highest BCUT2D eigenvalue weighted by atomic mass is 79.9. The Kier molecular flexibility index (Phi) is 4.37. The van der Waals surface area contributed by atoms with Crippen molar-refractivity contribution in [1.29, 1.82) is 0 Å². The van der Waals surface area contributed by atoms with Crippen molar-refractivity contribution < 1.29 is 4.74 Å². The van der Waals surface area contributed by atoms with E-state index in [4.69, 9.17) is 10.5 Å². The number of hydrogen-bond donors (Lipinski definition) is 2. The molecule has 0 atom stereocenters. The second-order valence-electron chi connectivity index (χ2n) is 4.17. The Balaban J connectivity index is 2.37. The monoisotopic (exact) mass is 384 g/mol. The predicted octanol–water partition coefficient (Wildman–Crippen LogP) is 4.85. The van der Waals surface area contributed by atoms with Gasteiger partial charge in [0.2, 0.25) is 0 Å². The van der Waals surface area contributed by atoms with Gasteiger partial charge in [0.15, 0.2) is 0 Å². The van der Waals surface area contributed by atoms with Crippen LogP contribution in [0.2, 0.25) is 0 Å². The first-order valence-electron chi connectivity index (χ1n) is 5.67. The van der Waals surface area contributed by atoms with Gasteiger partial charge in [-0.2, -0.15) is 0 Å². The zero-order valence-electron chi connectivity index (χ0n) is 10.6. The molecule has 2 aromatic carbocycles. The maximum Gasteiger partial charge on any atom is 0.135 e. The van der Waals surface area contributed by atoms with Crippen LogP contribution in [0, 0.1) is 6.92 Å². The summed E-state index contributed by atoms with van der Waals surface area (Å²) in [5.41, 5.74) is 9.56. The average molecular weight is 386 g/mol. The lowest BCUT2D eigenvalue weighted by atomic mass is 10.1. The van der Waals surface area contributed by atoms with Crippen LogP contribution < -0.4 is 15.8 Å². The first kappa shape index (κ1) is 14.2. The van der Waals surface area contributed by atoms with E-state index in [1.54, 1.807) is 7.11 Å². The van der Waals surface area contributed by atoms with Gasteiger partial charge < -0.3 is 15.8 Å². The molecule has 2 aromatic rings. The minimum Gasteiger partial charge on any atom is -0.495 e. The molecule has 0 unspecified atom stereocenters. The lowest BCUT2D eigenvalue weighted by Crippen LogP contribution is -1.96. The molecular formula is C14H14Br2N2O. The van der Waals surface area contributed by atoms with Gasteiger partial charge >= 0.3 is 0 Å². The number of halogens is 2. The number of ether oxygens (including phenoxy) is 1. The van der Waals surface area contributed by atoms with Gasteiger partial charge in [0, 0.05) is 21.9 Å². The van der Waals surface area contributed by atoms with E-state index >= 15 is 0 Å². The second kappa shape index (κ2) is 5.84. The third-order valence-electron chi connectivity index (χ3n) is 2.76. The molecule has 0 saturated carbocycles. The van der Waals surface area contributed by atoms with Crippen LogP contribution in [0.1, 0.15) is 5.56 Å². The SMILES string of the molecule is COc1cc(Nc2ccc(N)cc2C)c(Br)cc1Br. The molecule has 100 valence electrons. The summed E-state index contributed by atoms with van der Waals surface area (Å²) >= 11 is 6.99. The summed E-state index contributed by atoms with van der Waals surface area (Å²) < 4.78 is 7.16. The van der Waals surface area contributed by atoms with E-state index in [9.17, 15) is 0 Å². The van der Waals surface area contributed by atoms with E-state index in [2.05, 4.69) is 37.2 Å². The zero-order chi connectivity index (χ0) is 14.0. The number of rotatable bonds is 3. The minimum atomic E-state index is 0.760. The second-order valence-corrected chi connectivity index (χ2v) is 5.87. The van der Waals surface area contributed by atoms with Crippen LogP contribution in [-0.2, 0) is 0 Å². The van der Waals surface area contributed by atoms with Gasteiger partial charge in [0.1, 0.15) is 5.75 Å². The number of benzene rings is 2. The largest absolute Gasteiger partial charge is 0.495 e. The normalized spacial score (nSPS) is 10.3. The molecule has 0 fully saturated rings. The Bertz CT molecular complexity index is 615. The summed E-state index contributed by atoms with van der Waals surface area (Å²) in [5, 5.41) is 3.37. The summed E-state index contributed by atoms with van der Waals surface area (Å²) in [6.45, 7) is 2.02. The molecule has 0 aliphatic heterocycles. The van der Waals surface area contributed by atoms with E-state index in [0.29, 0.717) is 0 Å². The molecule has 0 bridgehead atoms. The first-order chi connectivity index (χ1) is 9.01. The summed E-state index contributed by atoms with van der Waals surface area (Å²) in [6.07, 6.45) is 0. The molecule has 0 heterocycles. The minimum absolute atomic E-state index is 0.760. The predicted molar refractivity (Wildman–Crippen MR) is 87.3 cm³/mol. The molecule has 0 aromatic heterocycles. The highest BCUT2D eigenvalue weighted by Gasteiger charge is 2.08. The van der Waals surface area contributed by atoms with E-state index in [-0.39, 0.29) is 0 Å². The fourth-order valence-electron chi connectivity index (χ4n) is 1.75.